The number of amides is 2. The summed E-state index contributed by atoms with van der Waals surface area (Å²) < 4.78 is 5.57. The van der Waals surface area contributed by atoms with Crippen LogP contribution in [0.5, 0.6) is 5.75 Å². The van der Waals surface area contributed by atoms with Crippen LogP contribution in [-0.4, -0.2) is 54.4 Å². The summed E-state index contributed by atoms with van der Waals surface area (Å²) in [5.41, 5.74) is 1.17. The fourth-order valence-electron chi connectivity index (χ4n) is 3.44. The summed E-state index contributed by atoms with van der Waals surface area (Å²) in [6.07, 6.45) is 3.79. The molecule has 5 nitrogen and oxygen atoms in total. The van der Waals surface area contributed by atoms with Gasteiger partial charge in [0.2, 0.25) is 5.91 Å². The van der Waals surface area contributed by atoms with Crippen LogP contribution >= 0.6 is 0 Å². The molecule has 0 spiro atoms. The summed E-state index contributed by atoms with van der Waals surface area (Å²) in [6.45, 7) is 5.20. The summed E-state index contributed by atoms with van der Waals surface area (Å²) in [4.78, 5) is 28.5. The maximum Gasteiger partial charge on any atom is 0.260 e. The van der Waals surface area contributed by atoms with Crippen molar-refractivity contribution in [3.63, 3.8) is 0 Å². The van der Waals surface area contributed by atoms with Crippen molar-refractivity contribution in [3.05, 3.63) is 29.8 Å². The van der Waals surface area contributed by atoms with E-state index in [9.17, 15) is 9.59 Å². The van der Waals surface area contributed by atoms with Gasteiger partial charge in [0.25, 0.3) is 5.91 Å². The molecule has 0 unspecified atom stereocenters. The Hall–Kier alpha value is -2.04. The highest BCUT2D eigenvalue weighted by atomic mass is 16.5. The summed E-state index contributed by atoms with van der Waals surface area (Å²) >= 11 is 0. The van der Waals surface area contributed by atoms with Gasteiger partial charge in [-0.1, -0.05) is 17.7 Å². The number of piperidine rings is 1. The predicted octanol–water partition coefficient (Wildman–Crippen LogP) is 2.23. The molecule has 130 valence electrons. The van der Waals surface area contributed by atoms with Gasteiger partial charge >= 0.3 is 0 Å². The van der Waals surface area contributed by atoms with Crippen LogP contribution < -0.4 is 4.74 Å². The van der Waals surface area contributed by atoms with Crippen LogP contribution in [0.4, 0.5) is 0 Å². The van der Waals surface area contributed by atoms with Crippen LogP contribution in [-0.2, 0) is 9.59 Å². The minimum atomic E-state index is 0.00245. The number of benzene rings is 1. The molecule has 0 saturated carbocycles. The van der Waals surface area contributed by atoms with Crippen LogP contribution in [0.25, 0.3) is 0 Å². The Balaban J connectivity index is 1.43. The Kier molecular flexibility index (Phi) is 5.38. The molecule has 24 heavy (non-hydrogen) atoms. The Bertz CT molecular complexity index is 571. The lowest BCUT2D eigenvalue weighted by Crippen LogP contribution is -2.45. The molecule has 2 aliphatic rings. The van der Waals surface area contributed by atoms with E-state index in [4.69, 9.17) is 4.74 Å². The van der Waals surface area contributed by atoms with Crippen molar-refractivity contribution in [3.8, 4) is 5.75 Å². The topological polar surface area (TPSA) is 49.9 Å². The Morgan fingerprint density at radius 1 is 1.00 bits per heavy atom. The Morgan fingerprint density at radius 2 is 1.62 bits per heavy atom. The van der Waals surface area contributed by atoms with Crippen molar-refractivity contribution in [1.82, 2.24) is 9.80 Å². The van der Waals surface area contributed by atoms with Crippen LogP contribution in [0.3, 0.4) is 0 Å². The zero-order chi connectivity index (χ0) is 16.9. The third-order valence-corrected chi connectivity index (χ3v) is 5.00. The molecule has 2 heterocycles. The number of hydrogen-bond acceptors (Lipinski definition) is 3. The first kappa shape index (κ1) is 16.8. The van der Waals surface area contributed by atoms with Crippen molar-refractivity contribution in [2.75, 3.05) is 32.8 Å². The summed E-state index contributed by atoms with van der Waals surface area (Å²) in [7, 11) is 0. The van der Waals surface area contributed by atoms with Gasteiger partial charge in [-0.15, -0.1) is 0 Å². The smallest absolute Gasteiger partial charge is 0.260 e. The SMILES string of the molecule is Cc1ccc(OCC(=O)N2CCC(C(=O)N3CCCC3)CC2)cc1. The highest BCUT2D eigenvalue weighted by molar-refractivity contribution is 5.81. The molecule has 2 amide bonds. The molecule has 5 heteroatoms. The fourth-order valence-corrected chi connectivity index (χ4v) is 3.44. The van der Waals surface area contributed by atoms with Gasteiger partial charge in [-0.3, -0.25) is 9.59 Å². The molecule has 1 aromatic carbocycles. The quantitative estimate of drug-likeness (QED) is 0.851. The lowest BCUT2D eigenvalue weighted by molar-refractivity contribution is -0.140. The van der Waals surface area contributed by atoms with E-state index in [1.807, 2.05) is 41.0 Å². The molecule has 0 bridgehead atoms. The molecule has 1 aromatic rings. The van der Waals surface area contributed by atoms with Crippen molar-refractivity contribution in [2.24, 2.45) is 5.92 Å². The van der Waals surface area contributed by atoms with Crippen molar-refractivity contribution in [1.29, 1.82) is 0 Å². The summed E-state index contributed by atoms with van der Waals surface area (Å²) in [5, 5.41) is 0. The molecule has 0 radical (unpaired) electrons. The fraction of sp³-hybridized carbons (Fsp3) is 0.579. The van der Waals surface area contributed by atoms with Crippen LogP contribution in [0, 0.1) is 12.8 Å². The van der Waals surface area contributed by atoms with E-state index in [2.05, 4.69) is 0 Å². The first-order chi connectivity index (χ1) is 11.6. The van der Waals surface area contributed by atoms with Gasteiger partial charge in [-0.2, -0.15) is 0 Å². The number of hydrogen-bond donors (Lipinski definition) is 0. The van der Waals surface area contributed by atoms with Crippen LogP contribution in [0.15, 0.2) is 24.3 Å². The molecular formula is C19H26N2O3. The molecule has 2 aliphatic heterocycles. The van der Waals surface area contributed by atoms with Gasteiger partial charge in [-0.05, 0) is 44.7 Å². The molecule has 2 fully saturated rings. The molecule has 0 aromatic heterocycles. The third-order valence-electron chi connectivity index (χ3n) is 5.00. The lowest BCUT2D eigenvalue weighted by atomic mass is 9.95. The monoisotopic (exact) mass is 330 g/mol. The number of ether oxygens (including phenoxy) is 1. The molecular weight excluding hydrogens is 304 g/mol. The maximum atomic E-state index is 12.4. The number of rotatable bonds is 4. The van der Waals surface area contributed by atoms with E-state index in [1.54, 1.807) is 0 Å². The van der Waals surface area contributed by atoms with Crippen molar-refractivity contribution >= 4 is 11.8 Å². The van der Waals surface area contributed by atoms with E-state index < -0.39 is 0 Å². The molecule has 0 atom stereocenters. The third kappa shape index (κ3) is 4.08. The minimum Gasteiger partial charge on any atom is -0.484 e. The van der Waals surface area contributed by atoms with Gasteiger partial charge in [0.1, 0.15) is 5.75 Å². The second kappa shape index (κ2) is 7.69. The summed E-state index contributed by atoms with van der Waals surface area (Å²) in [6, 6.07) is 7.69. The number of likely N-dealkylation sites (tertiary alicyclic amines) is 2. The van der Waals surface area contributed by atoms with Crippen molar-refractivity contribution < 1.29 is 14.3 Å². The molecule has 0 aliphatic carbocycles. The van der Waals surface area contributed by atoms with Gasteiger partial charge in [0, 0.05) is 32.1 Å². The largest absolute Gasteiger partial charge is 0.484 e. The predicted molar refractivity (Wildman–Crippen MR) is 91.8 cm³/mol. The second-order valence-electron chi connectivity index (χ2n) is 6.79. The Labute approximate surface area is 143 Å². The normalized spacial score (nSPS) is 18.7. The molecule has 2 saturated heterocycles. The lowest BCUT2D eigenvalue weighted by Gasteiger charge is -2.33. The first-order valence-electron chi connectivity index (χ1n) is 8.89. The van der Waals surface area contributed by atoms with Gasteiger partial charge in [0.15, 0.2) is 6.61 Å². The number of aryl methyl sites for hydroxylation is 1. The molecule has 0 N–H and O–H groups in total. The highest BCUT2D eigenvalue weighted by Gasteiger charge is 2.31. The standard InChI is InChI=1S/C19H26N2O3/c1-15-4-6-17(7-5-15)24-14-18(22)20-12-8-16(9-13-20)19(23)21-10-2-3-11-21/h4-7,16H,2-3,8-14H2,1H3. The average Bonchev–Trinajstić information content (AvgIpc) is 3.15. The zero-order valence-electron chi connectivity index (χ0n) is 14.4. The van der Waals surface area contributed by atoms with Crippen molar-refractivity contribution in [2.45, 2.75) is 32.6 Å². The maximum absolute atomic E-state index is 12.4. The van der Waals surface area contributed by atoms with Gasteiger partial charge in [-0.25, -0.2) is 0 Å². The zero-order valence-corrected chi connectivity index (χ0v) is 14.4. The minimum absolute atomic E-state index is 0.00245. The van der Waals surface area contributed by atoms with Gasteiger partial charge in [0.05, 0.1) is 0 Å². The van der Waals surface area contributed by atoms with E-state index in [0.29, 0.717) is 18.8 Å². The number of carbonyl (C=O) groups is 2. The highest BCUT2D eigenvalue weighted by Crippen LogP contribution is 2.22. The van der Waals surface area contributed by atoms with E-state index in [0.717, 1.165) is 38.8 Å². The van der Waals surface area contributed by atoms with E-state index in [1.165, 1.54) is 5.56 Å². The number of carbonyl (C=O) groups excluding carboxylic acids is 2. The summed E-state index contributed by atoms with van der Waals surface area (Å²) in [5.74, 6) is 1.09. The second-order valence-corrected chi connectivity index (χ2v) is 6.79. The van der Waals surface area contributed by atoms with Crippen LogP contribution in [0.2, 0.25) is 0 Å². The first-order valence-corrected chi connectivity index (χ1v) is 8.89. The van der Waals surface area contributed by atoms with E-state index in [-0.39, 0.29) is 24.3 Å². The van der Waals surface area contributed by atoms with Crippen LogP contribution in [0.1, 0.15) is 31.2 Å². The Morgan fingerprint density at radius 3 is 2.25 bits per heavy atom. The van der Waals surface area contributed by atoms with Gasteiger partial charge < -0.3 is 14.5 Å². The van der Waals surface area contributed by atoms with E-state index >= 15 is 0 Å². The average molecular weight is 330 g/mol. The number of nitrogens with zero attached hydrogens (tertiary/aromatic N) is 2. The molecule has 3 rings (SSSR count).